The molecule has 1 aliphatic heterocycles. The Balaban J connectivity index is 0.980. The number of para-hydroxylation sites is 3. The van der Waals surface area contributed by atoms with Gasteiger partial charge in [0.1, 0.15) is 34.7 Å². The van der Waals surface area contributed by atoms with E-state index in [2.05, 4.69) is 167 Å². The average Bonchev–Trinajstić information content (AvgIpc) is 3.96. The molecule has 2 unspecified atom stereocenters. The van der Waals surface area contributed by atoms with Gasteiger partial charge in [0.15, 0.2) is 5.76 Å². The smallest absolute Gasteiger partial charge is 0.155 e. The Hall–Kier alpha value is -6.89. The fourth-order valence-corrected chi connectivity index (χ4v) is 9.42. The molecular weight excluding hydrogens is 701 g/mol. The summed E-state index contributed by atoms with van der Waals surface area (Å²) in [5.41, 5.74) is 13.0. The van der Waals surface area contributed by atoms with Gasteiger partial charge in [0.2, 0.25) is 0 Å². The second kappa shape index (κ2) is 12.8. The minimum Gasteiger partial charge on any atom is -0.456 e. The highest BCUT2D eigenvalue weighted by atomic mass is 16.3. The third-order valence-corrected chi connectivity index (χ3v) is 12.1. The van der Waals surface area contributed by atoms with Crippen LogP contribution in [0.15, 0.2) is 165 Å². The van der Waals surface area contributed by atoms with Crippen LogP contribution in [0, 0.1) is 0 Å². The van der Waals surface area contributed by atoms with Gasteiger partial charge in [-0.2, -0.15) is 0 Å². The van der Waals surface area contributed by atoms with E-state index in [4.69, 9.17) is 13.8 Å². The molecule has 0 radical (unpaired) electrons. The highest BCUT2D eigenvalue weighted by molar-refractivity contribution is 6.18. The van der Waals surface area contributed by atoms with Crippen LogP contribution in [-0.2, 0) is 6.42 Å². The van der Waals surface area contributed by atoms with E-state index in [0.717, 1.165) is 98.0 Å². The van der Waals surface area contributed by atoms with Crippen molar-refractivity contribution in [2.45, 2.75) is 38.0 Å². The summed E-state index contributed by atoms with van der Waals surface area (Å²) >= 11 is 0. The van der Waals surface area contributed by atoms with Gasteiger partial charge in [0.05, 0.1) is 16.7 Å². The molecule has 0 amide bonds. The normalized spacial score (nSPS) is 17.9. The van der Waals surface area contributed by atoms with Crippen molar-refractivity contribution in [1.82, 2.24) is 15.2 Å². The van der Waals surface area contributed by atoms with Gasteiger partial charge < -0.3 is 18.7 Å². The second-order valence-corrected chi connectivity index (χ2v) is 15.3. The third-order valence-electron chi connectivity index (χ3n) is 12.1. The van der Waals surface area contributed by atoms with Crippen LogP contribution in [0.25, 0.3) is 72.2 Å². The standard InChI is InChI=1S/C51H38N4O2/c1-3-14-31(15-4-1)49-52-50(32-16-5-2-6-17-32)54-51(53-49)41-24-12-21-38-37-29-28-33(30-45(37)56-47(38)41)34-20-11-22-39-40-23-13-27-44(48(40)57-46(34)39)55-42-25-9-7-18-35(42)36-19-8-10-26-43(36)55/h1-11,14-22,25-30,49-50,52H,12-13,23-24H2,(H,53,54). The Morgan fingerprint density at radius 2 is 1.32 bits per heavy atom. The number of aryl methyl sites for hydroxylation is 1. The minimum absolute atomic E-state index is 0.105. The van der Waals surface area contributed by atoms with Gasteiger partial charge in [-0.15, -0.1) is 0 Å². The van der Waals surface area contributed by atoms with Crippen LogP contribution in [0.4, 0.5) is 0 Å². The van der Waals surface area contributed by atoms with Gasteiger partial charge in [-0.3, -0.25) is 5.32 Å². The predicted molar refractivity (Wildman–Crippen MR) is 231 cm³/mol. The summed E-state index contributed by atoms with van der Waals surface area (Å²) < 4.78 is 16.3. The van der Waals surface area contributed by atoms with Crippen molar-refractivity contribution < 1.29 is 8.83 Å². The molecule has 6 nitrogen and oxygen atoms in total. The Morgan fingerprint density at radius 3 is 2.11 bits per heavy atom. The van der Waals surface area contributed by atoms with Gasteiger partial charge in [0.25, 0.3) is 0 Å². The largest absolute Gasteiger partial charge is 0.456 e. The van der Waals surface area contributed by atoms with E-state index in [9.17, 15) is 0 Å². The van der Waals surface area contributed by atoms with Gasteiger partial charge in [-0.25, -0.2) is 4.99 Å². The molecule has 2 aliphatic carbocycles. The quantitative estimate of drug-likeness (QED) is 0.185. The minimum atomic E-state index is -0.199. The van der Waals surface area contributed by atoms with Crippen molar-refractivity contribution in [2.75, 3.05) is 0 Å². The number of hydrogen-bond acceptors (Lipinski definition) is 5. The van der Waals surface area contributed by atoms with E-state index in [1.807, 2.05) is 6.07 Å². The maximum Gasteiger partial charge on any atom is 0.155 e. The molecule has 0 spiro atoms. The summed E-state index contributed by atoms with van der Waals surface area (Å²) in [5, 5.41) is 13.4. The maximum atomic E-state index is 7.03. The summed E-state index contributed by atoms with van der Waals surface area (Å²) in [6.07, 6.45) is 8.01. The molecule has 3 aliphatic rings. The molecular formula is C51H38N4O2. The number of rotatable bonds is 5. The van der Waals surface area contributed by atoms with Crippen molar-refractivity contribution in [3.05, 3.63) is 185 Å². The zero-order valence-corrected chi connectivity index (χ0v) is 31.2. The van der Waals surface area contributed by atoms with Gasteiger partial charge in [0, 0.05) is 43.5 Å². The van der Waals surface area contributed by atoms with Crippen LogP contribution in [0.1, 0.15) is 54.0 Å². The van der Waals surface area contributed by atoms with Crippen LogP contribution in [0.3, 0.4) is 0 Å². The van der Waals surface area contributed by atoms with E-state index in [1.165, 1.54) is 32.8 Å². The van der Waals surface area contributed by atoms with Gasteiger partial charge >= 0.3 is 0 Å². The first-order chi connectivity index (χ1) is 28.3. The molecule has 2 N–H and O–H groups in total. The molecule has 6 heteroatoms. The van der Waals surface area contributed by atoms with Crippen LogP contribution >= 0.6 is 0 Å². The van der Waals surface area contributed by atoms with Crippen molar-refractivity contribution >= 4 is 66.9 Å². The fourth-order valence-electron chi connectivity index (χ4n) is 9.42. The molecule has 0 bridgehead atoms. The number of nitrogens with one attached hydrogen (secondary N) is 2. The summed E-state index contributed by atoms with van der Waals surface area (Å²) in [7, 11) is 0. The zero-order chi connectivity index (χ0) is 37.5. The Kier molecular flexibility index (Phi) is 7.29. The van der Waals surface area contributed by atoms with Crippen LogP contribution < -0.4 is 21.3 Å². The van der Waals surface area contributed by atoms with Gasteiger partial charge in [-0.1, -0.05) is 133 Å². The Bertz CT molecular complexity index is 3200. The SMILES string of the molecule is C1=C(n2c3ccccc3c3ccccc32)c2oc3c(-c4ccc5c6c(oc5c4)=C(C4=NC(c5ccccc5)NC(c5ccccc5)N4)CCC=6)cccc3c2CC1. The molecule has 0 saturated heterocycles. The predicted octanol–water partition coefficient (Wildman–Crippen LogP) is 10.5. The number of aromatic nitrogens is 1. The second-order valence-electron chi connectivity index (χ2n) is 15.3. The van der Waals surface area contributed by atoms with Crippen molar-refractivity contribution in [3.8, 4) is 11.1 Å². The van der Waals surface area contributed by atoms with Crippen LogP contribution in [0.2, 0.25) is 0 Å². The van der Waals surface area contributed by atoms with Crippen molar-refractivity contribution in [2.24, 2.45) is 4.99 Å². The first-order valence-corrected chi connectivity index (χ1v) is 20.0. The molecule has 6 aromatic carbocycles. The number of furan rings is 2. The molecule has 2 atom stereocenters. The molecule has 0 saturated carbocycles. The molecule has 274 valence electrons. The van der Waals surface area contributed by atoms with Crippen molar-refractivity contribution in [1.29, 1.82) is 0 Å². The van der Waals surface area contributed by atoms with Crippen LogP contribution in [0.5, 0.6) is 0 Å². The summed E-state index contributed by atoms with van der Waals surface area (Å²) in [6.45, 7) is 0. The van der Waals surface area contributed by atoms with E-state index < -0.39 is 0 Å². The lowest BCUT2D eigenvalue weighted by molar-refractivity contribution is 0.409. The Morgan fingerprint density at radius 1 is 0.614 bits per heavy atom. The lowest BCUT2D eigenvalue weighted by atomic mass is 9.96. The van der Waals surface area contributed by atoms with Gasteiger partial charge in [-0.05, 0) is 66.6 Å². The highest BCUT2D eigenvalue weighted by Crippen LogP contribution is 2.43. The first-order valence-electron chi connectivity index (χ1n) is 20.0. The number of aliphatic imine (C=N–C) groups is 1. The van der Waals surface area contributed by atoms with E-state index in [-0.39, 0.29) is 12.3 Å². The number of fused-ring (bicyclic) bond motifs is 9. The molecule has 9 aromatic rings. The molecule has 12 rings (SSSR count). The average molecular weight is 739 g/mol. The number of amidine groups is 1. The van der Waals surface area contributed by atoms with E-state index in [0.29, 0.717) is 0 Å². The summed E-state index contributed by atoms with van der Waals surface area (Å²) in [5.74, 6) is 1.83. The number of hydrogen-bond donors (Lipinski definition) is 2. The number of allylic oxidation sites excluding steroid dienone is 1. The zero-order valence-electron chi connectivity index (χ0n) is 31.2. The lowest BCUT2D eigenvalue weighted by Gasteiger charge is -2.32. The molecule has 57 heavy (non-hydrogen) atoms. The fraction of sp³-hybridized carbons (Fsp3) is 0.118. The molecule has 4 heterocycles. The number of benzene rings is 6. The lowest BCUT2D eigenvalue weighted by Crippen LogP contribution is -2.46. The topological polar surface area (TPSA) is 67.6 Å². The van der Waals surface area contributed by atoms with Crippen LogP contribution in [-0.4, -0.2) is 10.4 Å². The third kappa shape index (κ3) is 5.11. The highest BCUT2D eigenvalue weighted by Gasteiger charge is 2.29. The summed E-state index contributed by atoms with van der Waals surface area (Å²) in [4.78, 5) is 5.27. The molecule has 0 fully saturated rings. The number of nitrogens with zero attached hydrogens (tertiary/aromatic N) is 2. The van der Waals surface area contributed by atoms with Crippen molar-refractivity contribution in [3.63, 3.8) is 0 Å². The Labute approximate surface area is 328 Å². The van der Waals surface area contributed by atoms with E-state index in [1.54, 1.807) is 0 Å². The summed E-state index contributed by atoms with van der Waals surface area (Å²) in [6, 6.07) is 51.5. The monoisotopic (exact) mass is 738 g/mol. The van der Waals surface area contributed by atoms with E-state index >= 15 is 0 Å². The maximum absolute atomic E-state index is 7.03. The first kappa shape index (κ1) is 32.4. The molecule has 3 aromatic heterocycles.